The molecule has 1 aliphatic carbocycles. The van der Waals surface area contributed by atoms with E-state index in [4.69, 9.17) is 14.5 Å². The number of carbonyl (C=O) groups excluding carboxylic acids is 1. The second kappa shape index (κ2) is 9.81. The first-order valence-corrected chi connectivity index (χ1v) is 14.1. The zero-order valence-electron chi connectivity index (χ0n) is 22.8. The Bertz CT molecular complexity index is 1560. The van der Waals surface area contributed by atoms with E-state index in [1.54, 1.807) is 23.8 Å². The highest BCUT2D eigenvalue weighted by Crippen LogP contribution is 2.41. The molecule has 3 aliphatic heterocycles. The molecule has 10 nitrogen and oxygen atoms in total. The molecule has 0 spiro atoms. The lowest BCUT2D eigenvalue weighted by molar-refractivity contribution is -0.0716. The van der Waals surface area contributed by atoms with Gasteiger partial charge >= 0.3 is 0 Å². The molecule has 1 atom stereocenters. The Labute approximate surface area is 231 Å². The maximum Gasteiger partial charge on any atom is 0.263 e. The molecule has 1 saturated carbocycles. The number of ether oxygens (including phenoxy) is 2. The van der Waals surface area contributed by atoms with Crippen molar-refractivity contribution in [3.05, 3.63) is 45.6 Å². The number of rotatable bonds is 5. The largest absolute Gasteiger partial charge is 0.489 e. The van der Waals surface area contributed by atoms with E-state index in [0.29, 0.717) is 46.4 Å². The molecule has 5 heterocycles. The Hall–Kier alpha value is -3.57. The number of hydrogen-bond acceptors (Lipinski definition) is 9. The summed E-state index contributed by atoms with van der Waals surface area (Å²) in [6.45, 7) is 7.61. The first kappa shape index (κ1) is 25.4. The van der Waals surface area contributed by atoms with E-state index in [0.717, 1.165) is 58.5 Å². The van der Waals surface area contributed by atoms with E-state index in [-0.39, 0.29) is 40.8 Å². The zero-order chi connectivity index (χ0) is 27.5. The molecule has 40 heavy (non-hydrogen) atoms. The summed E-state index contributed by atoms with van der Waals surface area (Å²) in [5.74, 6) is 0.113. The fourth-order valence-corrected chi connectivity index (χ4v) is 6.74. The van der Waals surface area contributed by atoms with Crippen molar-refractivity contribution in [2.24, 2.45) is 0 Å². The molecule has 2 saturated heterocycles. The van der Waals surface area contributed by atoms with Crippen LogP contribution in [0.3, 0.4) is 0 Å². The summed E-state index contributed by atoms with van der Waals surface area (Å²) in [7, 11) is 0. The zero-order valence-corrected chi connectivity index (χ0v) is 22.8. The molecule has 7 rings (SSSR count). The summed E-state index contributed by atoms with van der Waals surface area (Å²) in [6, 6.07) is 3.75. The maximum absolute atomic E-state index is 15.6. The number of benzene rings is 1. The van der Waals surface area contributed by atoms with Crippen LogP contribution in [0.1, 0.15) is 54.6 Å². The lowest BCUT2D eigenvalue weighted by Crippen LogP contribution is -2.62. The highest BCUT2D eigenvalue weighted by Gasteiger charge is 2.38. The number of nitrogens with one attached hydrogen (secondary N) is 1. The smallest absolute Gasteiger partial charge is 0.263 e. The summed E-state index contributed by atoms with van der Waals surface area (Å²) < 4.78 is 28.7. The van der Waals surface area contributed by atoms with Gasteiger partial charge in [-0.25, -0.2) is 9.37 Å². The third-order valence-corrected chi connectivity index (χ3v) is 8.90. The van der Waals surface area contributed by atoms with Gasteiger partial charge in [0.05, 0.1) is 30.9 Å². The molecule has 0 radical (unpaired) electrons. The molecule has 2 aromatic heterocycles. The fourth-order valence-electron chi connectivity index (χ4n) is 6.74. The summed E-state index contributed by atoms with van der Waals surface area (Å²) >= 11 is 0. The first-order chi connectivity index (χ1) is 19.4. The Morgan fingerprint density at radius 2 is 1.90 bits per heavy atom. The van der Waals surface area contributed by atoms with Crippen molar-refractivity contribution in [3.63, 3.8) is 0 Å². The molecule has 210 valence electrons. The van der Waals surface area contributed by atoms with Crippen molar-refractivity contribution in [2.45, 2.75) is 57.7 Å². The average Bonchev–Trinajstić information content (AvgIpc) is 3.41. The molecule has 0 bridgehead atoms. The van der Waals surface area contributed by atoms with Gasteiger partial charge in [0.2, 0.25) is 5.95 Å². The van der Waals surface area contributed by atoms with E-state index < -0.39 is 0 Å². The van der Waals surface area contributed by atoms with Crippen LogP contribution in [0.25, 0.3) is 11.0 Å². The highest BCUT2D eigenvalue weighted by molar-refractivity contribution is 5.99. The highest BCUT2D eigenvalue weighted by atomic mass is 19.1. The van der Waals surface area contributed by atoms with Crippen molar-refractivity contribution >= 4 is 34.1 Å². The second-order valence-electron chi connectivity index (χ2n) is 11.4. The minimum absolute atomic E-state index is 0.0173. The summed E-state index contributed by atoms with van der Waals surface area (Å²) in [5.41, 5.74) is 1.92. The number of halogens is 1. The van der Waals surface area contributed by atoms with Gasteiger partial charge in [0, 0.05) is 49.0 Å². The normalized spacial score (nSPS) is 21.6. The van der Waals surface area contributed by atoms with Gasteiger partial charge in [0.15, 0.2) is 11.6 Å². The van der Waals surface area contributed by atoms with Crippen LogP contribution in [0.4, 0.5) is 21.7 Å². The van der Waals surface area contributed by atoms with Gasteiger partial charge in [-0.2, -0.15) is 4.98 Å². The monoisotopic (exact) mass is 548 g/mol. The predicted octanol–water partition coefficient (Wildman–Crippen LogP) is 3.58. The van der Waals surface area contributed by atoms with Crippen molar-refractivity contribution in [3.8, 4) is 5.75 Å². The average molecular weight is 549 g/mol. The van der Waals surface area contributed by atoms with E-state index in [1.165, 1.54) is 13.0 Å². The Balaban J connectivity index is 1.21. The number of ketones is 1. The molecule has 1 N–H and O–H groups in total. The molecule has 3 aromatic rings. The van der Waals surface area contributed by atoms with Gasteiger partial charge < -0.3 is 19.7 Å². The number of hydrogen-bond donors (Lipinski definition) is 1. The van der Waals surface area contributed by atoms with E-state index in [9.17, 15) is 9.59 Å². The Morgan fingerprint density at radius 3 is 2.62 bits per heavy atom. The fraction of sp³-hybridized carbons (Fsp3) is 0.517. The van der Waals surface area contributed by atoms with Gasteiger partial charge in [-0.3, -0.25) is 19.1 Å². The Kier molecular flexibility index (Phi) is 6.23. The van der Waals surface area contributed by atoms with Gasteiger partial charge in [0.1, 0.15) is 23.7 Å². The molecular formula is C29H33FN6O4. The topological polar surface area (TPSA) is 102 Å². The number of anilines is 3. The number of Topliss-reactive ketones (excluding diaryl/α,β-unsaturated/α-hetero) is 1. The SMILES string of the molecule is CC(=O)c1c(C)c2cnc(Nc3cc(F)c4c(c3)OC[C@H]3CN(C5COC5)CCN43)nc2n(C2CCCC2)c1=O. The predicted molar refractivity (Wildman–Crippen MR) is 149 cm³/mol. The van der Waals surface area contributed by atoms with Gasteiger partial charge in [-0.1, -0.05) is 12.8 Å². The number of fused-ring (bicyclic) bond motifs is 4. The van der Waals surface area contributed by atoms with Crippen LogP contribution < -0.4 is 20.5 Å². The number of carbonyl (C=O) groups is 1. The molecule has 0 unspecified atom stereocenters. The molecule has 4 aliphatic rings. The number of aromatic nitrogens is 3. The van der Waals surface area contributed by atoms with Crippen molar-refractivity contribution in [1.82, 2.24) is 19.4 Å². The van der Waals surface area contributed by atoms with Crippen LogP contribution in [-0.4, -0.2) is 76.8 Å². The van der Waals surface area contributed by atoms with E-state index >= 15 is 4.39 Å². The number of pyridine rings is 1. The molecular weight excluding hydrogens is 515 g/mol. The lowest BCUT2D eigenvalue weighted by Gasteiger charge is -2.49. The minimum atomic E-state index is -0.365. The quantitative estimate of drug-likeness (QED) is 0.480. The van der Waals surface area contributed by atoms with Crippen molar-refractivity contribution < 1.29 is 18.7 Å². The van der Waals surface area contributed by atoms with Crippen LogP contribution in [0.2, 0.25) is 0 Å². The minimum Gasteiger partial charge on any atom is -0.489 e. The summed E-state index contributed by atoms with van der Waals surface area (Å²) in [4.78, 5) is 39.6. The number of piperazine rings is 1. The summed E-state index contributed by atoms with van der Waals surface area (Å²) in [5, 5.41) is 3.79. The molecule has 3 fully saturated rings. The third kappa shape index (κ3) is 4.14. The van der Waals surface area contributed by atoms with Crippen LogP contribution in [0, 0.1) is 12.7 Å². The van der Waals surface area contributed by atoms with Crippen LogP contribution in [-0.2, 0) is 4.74 Å². The molecule has 0 amide bonds. The maximum atomic E-state index is 15.6. The van der Waals surface area contributed by atoms with E-state index in [2.05, 4.69) is 20.1 Å². The van der Waals surface area contributed by atoms with Crippen LogP contribution in [0.5, 0.6) is 5.75 Å². The van der Waals surface area contributed by atoms with Gasteiger partial charge in [-0.15, -0.1) is 0 Å². The van der Waals surface area contributed by atoms with Gasteiger partial charge in [-0.05, 0) is 38.3 Å². The number of nitrogens with zero attached hydrogens (tertiary/aromatic N) is 5. The van der Waals surface area contributed by atoms with Crippen molar-refractivity contribution in [1.29, 1.82) is 0 Å². The van der Waals surface area contributed by atoms with Gasteiger partial charge in [0.25, 0.3) is 5.56 Å². The Morgan fingerprint density at radius 1 is 1.10 bits per heavy atom. The van der Waals surface area contributed by atoms with Crippen molar-refractivity contribution in [2.75, 3.05) is 49.7 Å². The van der Waals surface area contributed by atoms with Crippen LogP contribution >= 0.6 is 0 Å². The second-order valence-corrected chi connectivity index (χ2v) is 11.4. The standard InChI is InChI=1S/C29H33FN6O4/c1-16-22-11-31-29(33-27(22)36(19-5-3-4-6-19)28(38)25(16)17(2)37)32-18-9-23(30)26-24(10-18)40-15-20-12-34(7-8-35(20)26)21-13-39-14-21/h9-11,19-21H,3-8,12-15H2,1-2H3,(H,31,32,33)/t20-/m1/s1. The molecule has 1 aromatic carbocycles. The summed E-state index contributed by atoms with van der Waals surface area (Å²) in [6.07, 6.45) is 5.41. The first-order valence-electron chi connectivity index (χ1n) is 14.1. The number of aryl methyl sites for hydroxylation is 1. The molecule has 11 heteroatoms. The van der Waals surface area contributed by atoms with E-state index in [1.807, 2.05) is 0 Å². The third-order valence-electron chi connectivity index (χ3n) is 8.90. The lowest BCUT2D eigenvalue weighted by atomic mass is 10.0. The van der Waals surface area contributed by atoms with Crippen LogP contribution in [0.15, 0.2) is 23.1 Å².